The summed E-state index contributed by atoms with van der Waals surface area (Å²) in [6, 6.07) is 11.2. The topological polar surface area (TPSA) is 54.5 Å². The molecular weight excluding hydrogens is 431 g/mol. The number of alkyl halides is 3. The zero-order valence-corrected chi connectivity index (χ0v) is 17.0. The van der Waals surface area contributed by atoms with Gasteiger partial charge in [0.05, 0.1) is 18.4 Å². The van der Waals surface area contributed by atoms with Crippen LogP contribution in [0.3, 0.4) is 0 Å². The van der Waals surface area contributed by atoms with E-state index in [0.29, 0.717) is 21.8 Å². The molecule has 1 atom stereocenters. The number of amides is 1. The molecule has 1 aliphatic heterocycles. The zero-order chi connectivity index (χ0) is 22.2. The van der Waals surface area contributed by atoms with Crippen LogP contribution in [0.2, 0.25) is 5.02 Å². The van der Waals surface area contributed by atoms with Crippen molar-refractivity contribution >= 4 is 28.9 Å². The van der Waals surface area contributed by atoms with Crippen molar-refractivity contribution in [3.63, 3.8) is 0 Å². The fourth-order valence-corrected chi connectivity index (χ4v) is 3.80. The molecule has 9 heteroatoms. The summed E-state index contributed by atoms with van der Waals surface area (Å²) in [7, 11) is 1.32. The van der Waals surface area contributed by atoms with E-state index in [9.17, 15) is 18.0 Å². The Bertz CT molecular complexity index is 1120. The Hall–Kier alpha value is -3.10. The smallest absolute Gasteiger partial charge is 0.324 e. The van der Waals surface area contributed by atoms with Gasteiger partial charge in [-0.05, 0) is 42.0 Å². The van der Waals surface area contributed by atoms with Crippen molar-refractivity contribution in [2.75, 3.05) is 17.5 Å². The number of benzene rings is 2. The lowest BCUT2D eigenvalue weighted by Gasteiger charge is -2.24. The fraction of sp³-hybridized carbons (Fsp3) is 0.182. The highest BCUT2D eigenvalue weighted by atomic mass is 35.5. The van der Waals surface area contributed by atoms with Gasteiger partial charge in [-0.2, -0.15) is 13.2 Å². The third kappa shape index (κ3) is 4.22. The highest BCUT2D eigenvalue weighted by Crippen LogP contribution is 2.38. The molecule has 0 saturated heterocycles. The van der Waals surface area contributed by atoms with Gasteiger partial charge in [-0.1, -0.05) is 23.7 Å². The van der Waals surface area contributed by atoms with Gasteiger partial charge in [0.1, 0.15) is 6.04 Å². The SMILES string of the molecule is CON1c2cc(C(F)(F)F)ccc2CC1C(=O)Nc1ccc(Cl)c(-c2cccnc2)c1. The Labute approximate surface area is 181 Å². The zero-order valence-electron chi connectivity index (χ0n) is 16.3. The van der Waals surface area contributed by atoms with Gasteiger partial charge in [0, 0.05) is 40.7 Å². The molecule has 2 aromatic carbocycles. The van der Waals surface area contributed by atoms with Crippen LogP contribution in [0.4, 0.5) is 24.5 Å². The van der Waals surface area contributed by atoms with E-state index in [1.54, 1.807) is 36.7 Å². The second kappa shape index (κ2) is 8.20. The molecule has 1 aromatic heterocycles. The van der Waals surface area contributed by atoms with Crippen molar-refractivity contribution in [3.05, 3.63) is 77.1 Å². The molecule has 3 aromatic rings. The number of carbonyl (C=O) groups is 1. The van der Waals surface area contributed by atoms with Crippen LogP contribution in [0.25, 0.3) is 11.1 Å². The van der Waals surface area contributed by atoms with Gasteiger partial charge in [0.15, 0.2) is 0 Å². The molecule has 31 heavy (non-hydrogen) atoms. The molecule has 2 heterocycles. The number of hydrogen-bond donors (Lipinski definition) is 1. The molecule has 0 bridgehead atoms. The summed E-state index contributed by atoms with van der Waals surface area (Å²) in [6.45, 7) is 0. The maximum atomic E-state index is 13.1. The van der Waals surface area contributed by atoms with Crippen molar-refractivity contribution in [1.82, 2.24) is 4.98 Å². The minimum absolute atomic E-state index is 0.218. The van der Waals surface area contributed by atoms with Crippen molar-refractivity contribution in [1.29, 1.82) is 0 Å². The van der Waals surface area contributed by atoms with Crippen molar-refractivity contribution < 1.29 is 22.8 Å². The number of anilines is 2. The standard InChI is InChI=1S/C22H17ClF3N3O2/c1-31-29-19-10-15(22(24,25)26)5-4-13(19)9-20(29)21(30)28-16-6-7-18(23)17(11-16)14-3-2-8-27-12-14/h2-8,10-12,20H,9H2,1H3,(H,28,30). The van der Waals surface area contributed by atoms with E-state index in [1.807, 2.05) is 6.07 Å². The van der Waals surface area contributed by atoms with E-state index in [2.05, 4.69) is 10.3 Å². The van der Waals surface area contributed by atoms with Crippen LogP contribution in [0, 0.1) is 0 Å². The molecule has 0 radical (unpaired) electrons. The number of rotatable bonds is 4. The van der Waals surface area contributed by atoms with Gasteiger partial charge < -0.3 is 5.32 Å². The second-order valence-electron chi connectivity index (χ2n) is 7.00. The second-order valence-corrected chi connectivity index (χ2v) is 7.40. The van der Waals surface area contributed by atoms with E-state index in [1.165, 1.54) is 18.2 Å². The highest BCUT2D eigenvalue weighted by molar-refractivity contribution is 6.33. The molecule has 1 N–H and O–H groups in total. The minimum atomic E-state index is -4.49. The van der Waals surface area contributed by atoms with Crippen LogP contribution in [-0.4, -0.2) is 24.0 Å². The Kier molecular flexibility index (Phi) is 5.60. The highest BCUT2D eigenvalue weighted by Gasteiger charge is 2.38. The van der Waals surface area contributed by atoms with Crippen LogP contribution in [-0.2, 0) is 22.2 Å². The number of nitrogens with zero attached hydrogens (tertiary/aromatic N) is 2. The van der Waals surface area contributed by atoms with Crippen LogP contribution >= 0.6 is 11.6 Å². The number of hydrogen-bond acceptors (Lipinski definition) is 4. The Morgan fingerprint density at radius 2 is 2.03 bits per heavy atom. The van der Waals surface area contributed by atoms with Crippen molar-refractivity contribution in [2.24, 2.45) is 0 Å². The molecule has 0 fully saturated rings. The normalized spacial score (nSPS) is 15.6. The minimum Gasteiger partial charge on any atom is -0.324 e. The Morgan fingerprint density at radius 1 is 1.23 bits per heavy atom. The van der Waals surface area contributed by atoms with Gasteiger partial charge >= 0.3 is 6.18 Å². The summed E-state index contributed by atoms with van der Waals surface area (Å²) >= 11 is 6.29. The third-order valence-corrected chi connectivity index (χ3v) is 5.38. The molecule has 4 rings (SSSR count). The third-order valence-electron chi connectivity index (χ3n) is 5.05. The van der Waals surface area contributed by atoms with Crippen LogP contribution < -0.4 is 10.4 Å². The molecule has 1 unspecified atom stereocenters. The Balaban J connectivity index is 1.58. The number of hydroxylamine groups is 1. The molecule has 1 aliphatic rings. The maximum absolute atomic E-state index is 13.1. The number of pyridine rings is 1. The molecule has 0 spiro atoms. The van der Waals surface area contributed by atoms with Gasteiger partial charge in [-0.25, -0.2) is 5.06 Å². The average molecular weight is 448 g/mol. The quantitative estimate of drug-likeness (QED) is 0.585. The van der Waals surface area contributed by atoms with Crippen LogP contribution in [0.1, 0.15) is 11.1 Å². The molecule has 160 valence electrons. The molecular formula is C22H17ClF3N3O2. The maximum Gasteiger partial charge on any atom is 0.416 e. The monoisotopic (exact) mass is 447 g/mol. The van der Waals surface area contributed by atoms with E-state index >= 15 is 0 Å². The van der Waals surface area contributed by atoms with Crippen molar-refractivity contribution in [3.8, 4) is 11.1 Å². The summed E-state index contributed by atoms with van der Waals surface area (Å²) in [6.07, 6.45) is -0.966. The predicted molar refractivity (Wildman–Crippen MR) is 112 cm³/mol. The van der Waals surface area contributed by atoms with E-state index in [4.69, 9.17) is 16.4 Å². The molecule has 5 nitrogen and oxygen atoms in total. The van der Waals surface area contributed by atoms with Crippen molar-refractivity contribution in [2.45, 2.75) is 18.6 Å². The first-order valence-corrected chi connectivity index (χ1v) is 9.70. The summed E-state index contributed by atoms with van der Waals surface area (Å²) in [4.78, 5) is 22.3. The lowest BCUT2D eigenvalue weighted by Crippen LogP contribution is -2.41. The van der Waals surface area contributed by atoms with Gasteiger partial charge in [-0.3, -0.25) is 14.6 Å². The first kappa shape index (κ1) is 21.1. The first-order chi connectivity index (χ1) is 14.8. The van der Waals surface area contributed by atoms with Gasteiger partial charge in [0.25, 0.3) is 0 Å². The number of aromatic nitrogens is 1. The molecule has 0 saturated carbocycles. The number of nitrogens with one attached hydrogen (secondary N) is 1. The van der Waals surface area contributed by atoms with Gasteiger partial charge in [0.2, 0.25) is 5.91 Å². The molecule has 1 amide bonds. The summed E-state index contributed by atoms with van der Waals surface area (Å²) < 4.78 is 39.3. The van der Waals surface area contributed by atoms with E-state index < -0.39 is 23.7 Å². The lowest BCUT2D eigenvalue weighted by atomic mass is 10.1. The number of halogens is 4. The number of carbonyl (C=O) groups excluding carboxylic acids is 1. The average Bonchev–Trinajstić information content (AvgIpc) is 3.13. The van der Waals surface area contributed by atoms with Crippen LogP contribution in [0.15, 0.2) is 60.9 Å². The summed E-state index contributed by atoms with van der Waals surface area (Å²) in [5, 5.41) is 4.51. The fourth-order valence-electron chi connectivity index (χ4n) is 3.57. The van der Waals surface area contributed by atoms with E-state index in [0.717, 1.165) is 17.7 Å². The summed E-state index contributed by atoms with van der Waals surface area (Å²) in [5.74, 6) is -0.411. The molecule has 0 aliphatic carbocycles. The van der Waals surface area contributed by atoms with E-state index in [-0.39, 0.29) is 12.1 Å². The van der Waals surface area contributed by atoms with Crippen LogP contribution in [0.5, 0.6) is 0 Å². The predicted octanol–water partition coefficient (Wildman–Crippen LogP) is 5.35. The largest absolute Gasteiger partial charge is 0.416 e. The number of fused-ring (bicyclic) bond motifs is 1. The Morgan fingerprint density at radius 3 is 2.71 bits per heavy atom. The van der Waals surface area contributed by atoms with Gasteiger partial charge in [-0.15, -0.1) is 0 Å². The first-order valence-electron chi connectivity index (χ1n) is 9.32. The lowest BCUT2D eigenvalue weighted by molar-refractivity contribution is -0.137. The summed E-state index contributed by atoms with van der Waals surface area (Å²) in [5.41, 5.74) is 2.01.